The van der Waals surface area contributed by atoms with Gasteiger partial charge in [0.15, 0.2) is 11.6 Å². The van der Waals surface area contributed by atoms with Gasteiger partial charge in [0.1, 0.15) is 23.8 Å². The van der Waals surface area contributed by atoms with Crippen molar-refractivity contribution in [3.8, 4) is 5.75 Å². The third-order valence-electron chi connectivity index (χ3n) is 6.24. The van der Waals surface area contributed by atoms with Crippen molar-refractivity contribution in [1.29, 1.82) is 0 Å². The van der Waals surface area contributed by atoms with Gasteiger partial charge in [0, 0.05) is 38.8 Å². The minimum atomic E-state index is -1.38. The monoisotopic (exact) mass is 466 g/mol. The van der Waals surface area contributed by atoms with E-state index in [1.807, 2.05) is 9.80 Å². The van der Waals surface area contributed by atoms with Crippen molar-refractivity contribution in [2.45, 2.75) is 24.0 Å². The number of para-hydroxylation sites is 1. The summed E-state index contributed by atoms with van der Waals surface area (Å²) in [6, 6.07) is 9.80. The zero-order chi connectivity index (χ0) is 23.5. The van der Waals surface area contributed by atoms with Crippen LogP contribution in [0.25, 0.3) is 0 Å². The van der Waals surface area contributed by atoms with Gasteiger partial charge >= 0.3 is 0 Å². The summed E-state index contributed by atoms with van der Waals surface area (Å²) in [6.07, 6.45) is 0.922. The topological polar surface area (TPSA) is 65.4 Å². The highest BCUT2D eigenvalue weighted by molar-refractivity contribution is 5.48. The van der Waals surface area contributed by atoms with E-state index in [-0.39, 0.29) is 31.3 Å². The van der Waals surface area contributed by atoms with Crippen molar-refractivity contribution in [1.82, 2.24) is 4.90 Å². The molecule has 0 spiro atoms. The van der Waals surface area contributed by atoms with Gasteiger partial charge in [-0.05, 0) is 37.1 Å². The number of ether oxygens (including phenoxy) is 2. The first-order valence-corrected chi connectivity index (χ1v) is 11.1. The zero-order valence-corrected chi connectivity index (χ0v) is 18.4. The highest BCUT2D eigenvalue weighted by atomic mass is 19.2. The van der Waals surface area contributed by atoms with Gasteiger partial charge in [0.05, 0.1) is 24.5 Å². The Morgan fingerprint density at radius 3 is 2.39 bits per heavy atom. The number of β-amino-alcohol motifs (C(OH)–C–C–N with tert-alkyl or cyclic N) is 2. The number of piperidine rings is 1. The van der Waals surface area contributed by atoms with E-state index in [9.17, 15) is 23.4 Å². The zero-order valence-electron chi connectivity index (χ0n) is 18.4. The van der Waals surface area contributed by atoms with Gasteiger partial charge in [0.2, 0.25) is 0 Å². The third kappa shape index (κ3) is 5.97. The molecule has 2 aromatic carbocycles. The Bertz CT molecular complexity index is 955. The summed E-state index contributed by atoms with van der Waals surface area (Å²) in [7, 11) is 0. The maximum atomic E-state index is 14.1. The number of hydrogen-bond donors (Lipinski definition) is 2. The van der Waals surface area contributed by atoms with E-state index in [4.69, 9.17) is 9.47 Å². The Kier molecular flexibility index (Phi) is 7.13. The molecule has 33 heavy (non-hydrogen) atoms. The summed E-state index contributed by atoms with van der Waals surface area (Å²) in [4.78, 5) is 3.86. The number of aliphatic hydroxyl groups is 2. The van der Waals surface area contributed by atoms with Crippen LogP contribution in [0.1, 0.15) is 12.8 Å². The molecule has 180 valence electrons. The molecule has 1 atom stereocenters. The summed E-state index contributed by atoms with van der Waals surface area (Å²) in [5, 5.41) is 22.2. The number of nitrogens with zero attached hydrogens (tertiary/aromatic N) is 2. The van der Waals surface area contributed by atoms with Crippen molar-refractivity contribution >= 4 is 5.69 Å². The summed E-state index contributed by atoms with van der Waals surface area (Å²) in [6.45, 7) is 2.31. The van der Waals surface area contributed by atoms with Crippen molar-refractivity contribution < 1.29 is 32.9 Å². The lowest BCUT2D eigenvalue weighted by Crippen LogP contribution is -2.55. The fourth-order valence-corrected chi connectivity index (χ4v) is 4.45. The number of benzene rings is 2. The van der Waals surface area contributed by atoms with Crippen LogP contribution in [0.4, 0.5) is 18.9 Å². The Hall–Kier alpha value is -2.33. The molecule has 0 saturated carbocycles. The second-order valence-corrected chi connectivity index (χ2v) is 9.01. The Morgan fingerprint density at radius 1 is 0.909 bits per heavy atom. The molecule has 0 aliphatic carbocycles. The first kappa shape index (κ1) is 23.8. The normalized spacial score (nSPS) is 23.8. The number of rotatable bonds is 6. The molecular formula is C24H29F3N2O4. The van der Waals surface area contributed by atoms with Gasteiger partial charge < -0.3 is 24.6 Å². The minimum Gasteiger partial charge on any atom is -0.490 e. The molecule has 0 bridgehead atoms. The van der Waals surface area contributed by atoms with E-state index in [0.717, 1.165) is 12.1 Å². The average Bonchev–Trinajstić information content (AvgIpc) is 2.97. The molecule has 4 rings (SSSR count). The molecule has 2 aromatic rings. The molecule has 6 nitrogen and oxygen atoms in total. The first-order chi connectivity index (χ1) is 15.8. The van der Waals surface area contributed by atoms with Gasteiger partial charge in [-0.15, -0.1) is 0 Å². The molecule has 2 saturated heterocycles. The average molecular weight is 467 g/mol. The molecule has 9 heteroatoms. The fraction of sp³-hybridized carbons (Fsp3) is 0.500. The predicted octanol–water partition coefficient (Wildman–Crippen LogP) is 2.58. The van der Waals surface area contributed by atoms with Crippen molar-refractivity contribution in [3.63, 3.8) is 0 Å². The van der Waals surface area contributed by atoms with Crippen LogP contribution in [-0.4, -0.2) is 78.9 Å². The molecule has 2 aliphatic rings. The second-order valence-electron chi connectivity index (χ2n) is 9.01. The third-order valence-corrected chi connectivity index (χ3v) is 6.24. The summed E-state index contributed by atoms with van der Waals surface area (Å²) < 4.78 is 51.7. The van der Waals surface area contributed by atoms with Crippen LogP contribution in [0.15, 0.2) is 42.5 Å². The molecule has 0 unspecified atom stereocenters. The van der Waals surface area contributed by atoms with Crippen LogP contribution in [0, 0.1) is 17.5 Å². The lowest BCUT2D eigenvalue weighted by molar-refractivity contribution is -0.0743. The van der Waals surface area contributed by atoms with Crippen LogP contribution in [0.2, 0.25) is 0 Å². The molecule has 2 fully saturated rings. The number of halogens is 3. The maximum absolute atomic E-state index is 14.1. The van der Waals surface area contributed by atoms with Gasteiger partial charge in [-0.3, -0.25) is 4.90 Å². The van der Waals surface area contributed by atoms with Gasteiger partial charge in [-0.2, -0.15) is 0 Å². The first-order valence-electron chi connectivity index (χ1n) is 11.1. The lowest BCUT2D eigenvalue weighted by atomic mass is 9.90. The van der Waals surface area contributed by atoms with E-state index in [1.54, 1.807) is 18.2 Å². The smallest absolute Gasteiger partial charge is 0.162 e. The van der Waals surface area contributed by atoms with Gasteiger partial charge in [-0.25, -0.2) is 13.2 Å². The highest BCUT2D eigenvalue weighted by Gasteiger charge is 2.39. The number of hydrogen-bond acceptors (Lipinski definition) is 6. The highest BCUT2D eigenvalue weighted by Crippen LogP contribution is 2.29. The summed E-state index contributed by atoms with van der Waals surface area (Å²) >= 11 is 0. The molecule has 2 heterocycles. The largest absolute Gasteiger partial charge is 0.490 e. The van der Waals surface area contributed by atoms with E-state index < -0.39 is 22.8 Å². The van der Waals surface area contributed by atoms with Crippen molar-refractivity contribution in [2.24, 2.45) is 0 Å². The van der Waals surface area contributed by atoms with Gasteiger partial charge in [-0.1, -0.05) is 12.1 Å². The van der Waals surface area contributed by atoms with Crippen molar-refractivity contribution in [3.05, 3.63) is 59.9 Å². The summed E-state index contributed by atoms with van der Waals surface area (Å²) in [5.41, 5.74) is -1.83. The Labute approximate surface area is 191 Å². The van der Waals surface area contributed by atoms with Crippen LogP contribution < -0.4 is 9.64 Å². The Balaban J connectivity index is 1.34. The fourth-order valence-electron chi connectivity index (χ4n) is 4.45. The van der Waals surface area contributed by atoms with E-state index in [1.165, 1.54) is 12.1 Å². The standard InChI is InChI=1S/C24H29F3N2O4/c25-19-6-5-18(13-21(19)27)33-17-24(31)15-28(11-12-32-16-24)14-23(30)7-9-29(10-8-23)22-4-2-1-3-20(22)26/h1-6,13,30-31H,7-12,14-17H2/t24-/m0/s1. The summed E-state index contributed by atoms with van der Waals surface area (Å²) in [5.74, 6) is -2.17. The molecule has 0 aromatic heterocycles. The quantitative estimate of drug-likeness (QED) is 0.683. The lowest BCUT2D eigenvalue weighted by Gasteiger charge is -2.42. The molecule has 2 aliphatic heterocycles. The number of anilines is 1. The van der Waals surface area contributed by atoms with E-state index >= 15 is 0 Å². The molecule has 0 radical (unpaired) electrons. The maximum Gasteiger partial charge on any atom is 0.162 e. The van der Waals surface area contributed by atoms with Crippen molar-refractivity contribution in [2.75, 3.05) is 57.4 Å². The van der Waals surface area contributed by atoms with E-state index in [2.05, 4.69) is 0 Å². The van der Waals surface area contributed by atoms with Crippen LogP contribution in [0.3, 0.4) is 0 Å². The van der Waals surface area contributed by atoms with Crippen LogP contribution in [0.5, 0.6) is 5.75 Å². The SMILES string of the molecule is OC1(CN2CCOC[C@](O)(COc3ccc(F)c(F)c3)C2)CCN(c2ccccc2F)CC1. The second kappa shape index (κ2) is 9.89. The molecule has 0 amide bonds. The van der Waals surface area contributed by atoms with Gasteiger partial charge in [0.25, 0.3) is 0 Å². The van der Waals surface area contributed by atoms with Crippen LogP contribution >= 0.6 is 0 Å². The minimum absolute atomic E-state index is 0.0205. The Morgan fingerprint density at radius 2 is 1.67 bits per heavy atom. The molecular weight excluding hydrogens is 437 g/mol. The van der Waals surface area contributed by atoms with E-state index in [0.29, 0.717) is 51.3 Å². The van der Waals surface area contributed by atoms with Crippen LogP contribution in [-0.2, 0) is 4.74 Å². The predicted molar refractivity (Wildman–Crippen MR) is 117 cm³/mol. The molecule has 2 N–H and O–H groups in total.